The van der Waals surface area contributed by atoms with Crippen LogP contribution in [0, 0.1) is 6.92 Å². The molecule has 0 aliphatic rings. The first-order chi connectivity index (χ1) is 10.8. The Bertz CT molecular complexity index is 807. The zero-order chi connectivity index (χ0) is 17.0. The number of rotatable bonds is 5. The van der Waals surface area contributed by atoms with Crippen LogP contribution >= 0.6 is 11.6 Å². The highest BCUT2D eigenvalue weighted by Gasteiger charge is 2.23. The van der Waals surface area contributed by atoms with E-state index >= 15 is 0 Å². The van der Waals surface area contributed by atoms with Crippen molar-refractivity contribution in [2.75, 3.05) is 18.9 Å². The molecule has 0 aliphatic carbocycles. The standard InChI is InChI=1S/C15H16ClN3O3S/c1-11-7-8-17-9-14(11)18-15(20)10-19(2)23(21,22)13-5-3-12(16)4-6-13/h3-9H,10H2,1-2H3,(H,18,20). The summed E-state index contributed by atoms with van der Waals surface area (Å²) >= 11 is 5.75. The number of anilines is 1. The van der Waals surface area contributed by atoms with Gasteiger partial charge in [-0.2, -0.15) is 4.31 Å². The molecule has 2 aromatic rings. The van der Waals surface area contributed by atoms with Crippen LogP contribution in [0.5, 0.6) is 0 Å². The maximum absolute atomic E-state index is 12.4. The number of pyridine rings is 1. The van der Waals surface area contributed by atoms with Crippen molar-refractivity contribution in [1.29, 1.82) is 0 Å². The fourth-order valence-electron chi connectivity index (χ4n) is 1.86. The molecule has 23 heavy (non-hydrogen) atoms. The molecule has 0 aliphatic heterocycles. The van der Waals surface area contributed by atoms with E-state index < -0.39 is 15.9 Å². The van der Waals surface area contributed by atoms with E-state index in [-0.39, 0.29) is 11.4 Å². The predicted octanol–water partition coefficient (Wildman–Crippen LogP) is 2.30. The van der Waals surface area contributed by atoms with Gasteiger partial charge >= 0.3 is 0 Å². The van der Waals surface area contributed by atoms with E-state index in [0.29, 0.717) is 10.7 Å². The maximum atomic E-state index is 12.4. The summed E-state index contributed by atoms with van der Waals surface area (Å²) in [5.74, 6) is -0.443. The summed E-state index contributed by atoms with van der Waals surface area (Å²) in [4.78, 5) is 16.0. The van der Waals surface area contributed by atoms with Crippen LogP contribution in [0.2, 0.25) is 5.02 Å². The van der Waals surface area contributed by atoms with Gasteiger partial charge in [-0.3, -0.25) is 9.78 Å². The number of nitrogens with zero attached hydrogens (tertiary/aromatic N) is 2. The number of aromatic nitrogens is 1. The molecule has 0 unspecified atom stereocenters. The third-order valence-electron chi connectivity index (χ3n) is 3.20. The molecule has 0 saturated heterocycles. The van der Waals surface area contributed by atoms with Crippen LogP contribution in [0.4, 0.5) is 5.69 Å². The van der Waals surface area contributed by atoms with Crippen molar-refractivity contribution in [1.82, 2.24) is 9.29 Å². The third-order valence-corrected chi connectivity index (χ3v) is 5.27. The Kier molecular flexibility index (Phi) is 5.35. The monoisotopic (exact) mass is 353 g/mol. The number of carbonyl (C=O) groups is 1. The predicted molar refractivity (Wildman–Crippen MR) is 88.9 cm³/mol. The second-order valence-corrected chi connectivity index (χ2v) is 7.44. The van der Waals surface area contributed by atoms with Crippen LogP contribution in [-0.2, 0) is 14.8 Å². The van der Waals surface area contributed by atoms with Crippen molar-refractivity contribution in [2.24, 2.45) is 0 Å². The van der Waals surface area contributed by atoms with Gasteiger partial charge in [0.2, 0.25) is 15.9 Å². The van der Waals surface area contributed by atoms with E-state index in [2.05, 4.69) is 10.3 Å². The molecule has 0 spiro atoms. The van der Waals surface area contributed by atoms with Gasteiger partial charge in [0.25, 0.3) is 0 Å². The van der Waals surface area contributed by atoms with Gasteiger partial charge in [0.15, 0.2) is 0 Å². The van der Waals surface area contributed by atoms with E-state index in [1.54, 1.807) is 12.3 Å². The number of sulfonamides is 1. The van der Waals surface area contributed by atoms with Crippen molar-refractivity contribution >= 4 is 33.2 Å². The van der Waals surface area contributed by atoms with Crippen LogP contribution in [0.15, 0.2) is 47.6 Å². The molecule has 0 atom stereocenters. The van der Waals surface area contributed by atoms with Gasteiger partial charge in [0, 0.05) is 18.3 Å². The summed E-state index contributed by atoms with van der Waals surface area (Å²) in [6, 6.07) is 7.53. The molecular formula is C15H16ClN3O3S. The zero-order valence-corrected chi connectivity index (χ0v) is 14.2. The van der Waals surface area contributed by atoms with E-state index in [1.165, 1.54) is 37.5 Å². The minimum atomic E-state index is -3.75. The molecule has 1 aromatic carbocycles. The second kappa shape index (κ2) is 7.08. The number of carbonyl (C=O) groups excluding carboxylic acids is 1. The van der Waals surface area contributed by atoms with Gasteiger partial charge in [0.05, 0.1) is 23.3 Å². The fourth-order valence-corrected chi connectivity index (χ4v) is 3.11. The van der Waals surface area contributed by atoms with Crippen molar-refractivity contribution in [3.8, 4) is 0 Å². The summed E-state index contributed by atoms with van der Waals surface area (Å²) in [7, 11) is -2.41. The molecule has 0 radical (unpaired) electrons. The Morgan fingerprint density at radius 1 is 1.26 bits per heavy atom. The number of benzene rings is 1. The summed E-state index contributed by atoms with van der Waals surface area (Å²) in [5, 5.41) is 3.09. The fraction of sp³-hybridized carbons (Fsp3) is 0.200. The Morgan fingerprint density at radius 3 is 2.52 bits per heavy atom. The Balaban J connectivity index is 2.08. The molecule has 1 N–H and O–H groups in total. The first-order valence-electron chi connectivity index (χ1n) is 6.73. The molecule has 8 heteroatoms. The molecule has 0 saturated carbocycles. The van der Waals surface area contributed by atoms with E-state index in [9.17, 15) is 13.2 Å². The topological polar surface area (TPSA) is 79.4 Å². The highest BCUT2D eigenvalue weighted by Crippen LogP contribution is 2.17. The summed E-state index contributed by atoms with van der Waals surface area (Å²) in [5.41, 5.74) is 1.39. The van der Waals surface area contributed by atoms with Crippen molar-refractivity contribution in [3.05, 3.63) is 53.3 Å². The summed E-state index contributed by atoms with van der Waals surface area (Å²) in [6.07, 6.45) is 3.13. The highest BCUT2D eigenvalue weighted by molar-refractivity contribution is 7.89. The van der Waals surface area contributed by atoms with Gasteiger partial charge in [-0.15, -0.1) is 0 Å². The molecule has 1 aromatic heterocycles. The maximum Gasteiger partial charge on any atom is 0.243 e. The van der Waals surface area contributed by atoms with Gasteiger partial charge < -0.3 is 5.32 Å². The zero-order valence-electron chi connectivity index (χ0n) is 12.7. The highest BCUT2D eigenvalue weighted by atomic mass is 35.5. The number of amides is 1. The molecule has 2 rings (SSSR count). The van der Waals surface area contributed by atoms with E-state index in [0.717, 1.165) is 9.87 Å². The largest absolute Gasteiger partial charge is 0.323 e. The third kappa shape index (κ3) is 4.28. The molecule has 1 amide bonds. The minimum absolute atomic E-state index is 0.0785. The Hall–Kier alpha value is -1.96. The lowest BCUT2D eigenvalue weighted by atomic mass is 10.2. The number of nitrogens with one attached hydrogen (secondary N) is 1. The molecule has 0 bridgehead atoms. The lowest BCUT2D eigenvalue weighted by Crippen LogP contribution is -2.35. The molecule has 122 valence electrons. The van der Waals surface area contributed by atoms with Gasteiger partial charge in [-0.1, -0.05) is 11.6 Å². The number of likely N-dealkylation sites (N-methyl/N-ethyl adjacent to an activating group) is 1. The van der Waals surface area contributed by atoms with Crippen molar-refractivity contribution in [2.45, 2.75) is 11.8 Å². The number of hydrogen-bond donors (Lipinski definition) is 1. The van der Waals surface area contributed by atoms with Crippen molar-refractivity contribution < 1.29 is 13.2 Å². The molecule has 1 heterocycles. The average Bonchev–Trinajstić information content (AvgIpc) is 2.50. The number of hydrogen-bond acceptors (Lipinski definition) is 4. The van der Waals surface area contributed by atoms with Gasteiger partial charge in [-0.25, -0.2) is 8.42 Å². The van der Waals surface area contributed by atoms with Crippen LogP contribution in [0.1, 0.15) is 5.56 Å². The van der Waals surface area contributed by atoms with E-state index in [1.807, 2.05) is 6.92 Å². The van der Waals surface area contributed by atoms with Crippen LogP contribution in [-0.4, -0.2) is 37.2 Å². The summed E-state index contributed by atoms with van der Waals surface area (Å²) < 4.78 is 25.8. The smallest absolute Gasteiger partial charge is 0.243 e. The van der Waals surface area contributed by atoms with Crippen molar-refractivity contribution in [3.63, 3.8) is 0 Å². The number of halogens is 1. The SMILES string of the molecule is Cc1ccncc1NC(=O)CN(C)S(=O)(=O)c1ccc(Cl)cc1. The molecular weight excluding hydrogens is 338 g/mol. The minimum Gasteiger partial charge on any atom is -0.323 e. The molecule has 0 fully saturated rings. The first-order valence-corrected chi connectivity index (χ1v) is 8.55. The lowest BCUT2D eigenvalue weighted by Gasteiger charge is -2.17. The quantitative estimate of drug-likeness (QED) is 0.894. The van der Waals surface area contributed by atoms with E-state index in [4.69, 9.17) is 11.6 Å². The van der Waals surface area contributed by atoms with Gasteiger partial charge in [-0.05, 0) is 42.8 Å². The normalized spacial score (nSPS) is 11.5. The molecule has 6 nitrogen and oxygen atoms in total. The Morgan fingerprint density at radius 2 is 1.91 bits per heavy atom. The van der Waals surface area contributed by atoms with Gasteiger partial charge in [0.1, 0.15) is 0 Å². The van der Waals surface area contributed by atoms with Crippen LogP contribution in [0.3, 0.4) is 0 Å². The van der Waals surface area contributed by atoms with Crippen LogP contribution in [0.25, 0.3) is 0 Å². The number of aryl methyl sites for hydroxylation is 1. The Labute approximate surface area is 140 Å². The van der Waals surface area contributed by atoms with Crippen LogP contribution < -0.4 is 5.32 Å². The average molecular weight is 354 g/mol. The summed E-state index contributed by atoms with van der Waals surface area (Å²) in [6.45, 7) is 1.52. The second-order valence-electron chi connectivity index (χ2n) is 4.95. The first kappa shape index (κ1) is 17.4. The lowest BCUT2D eigenvalue weighted by molar-refractivity contribution is -0.116.